The number of nitrogens with one attached hydrogen (secondary N) is 2. The van der Waals surface area contributed by atoms with Crippen molar-refractivity contribution >= 4 is 23.5 Å². The predicted molar refractivity (Wildman–Crippen MR) is 113 cm³/mol. The summed E-state index contributed by atoms with van der Waals surface area (Å²) in [4.78, 5) is 36.6. The predicted octanol–water partition coefficient (Wildman–Crippen LogP) is 4.42. The van der Waals surface area contributed by atoms with E-state index in [4.69, 9.17) is 4.74 Å². The van der Waals surface area contributed by atoms with Crippen molar-refractivity contribution in [2.75, 3.05) is 5.32 Å². The summed E-state index contributed by atoms with van der Waals surface area (Å²) in [6, 6.07) is 12.9. The van der Waals surface area contributed by atoms with Gasteiger partial charge in [0, 0.05) is 22.4 Å². The summed E-state index contributed by atoms with van der Waals surface area (Å²) in [6.45, 7) is 11.1. The van der Waals surface area contributed by atoms with Gasteiger partial charge in [-0.15, -0.1) is 0 Å². The van der Waals surface area contributed by atoms with Crippen molar-refractivity contribution in [2.24, 2.45) is 0 Å². The maximum absolute atomic E-state index is 12.4. The van der Waals surface area contributed by atoms with Gasteiger partial charge < -0.3 is 15.4 Å². The summed E-state index contributed by atoms with van der Waals surface area (Å²) >= 11 is 0. The average Bonchev–Trinajstić information content (AvgIpc) is 2.59. The molecular weight excluding hydrogens is 368 g/mol. The second kappa shape index (κ2) is 8.47. The number of rotatable bonds is 4. The van der Waals surface area contributed by atoms with Gasteiger partial charge in [0.2, 0.25) is 0 Å². The van der Waals surface area contributed by atoms with E-state index in [0.29, 0.717) is 22.4 Å². The van der Waals surface area contributed by atoms with E-state index in [1.807, 2.05) is 20.8 Å². The van der Waals surface area contributed by atoms with E-state index in [2.05, 4.69) is 10.6 Å². The van der Waals surface area contributed by atoms with Gasteiger partial charge >= 0.3 is 5.97 Å². The summed E-state index contributed by atoms with van der Waals surface area (Å²) in [5, 5.41) is 5.66. The molecule has 0 aliphatic carbocycles. The van der Waals surface area contributed by atoms with Crippen molar-refractivity contribution in [2.45, 2.75) is 52.7 Å². The molecule has 0 aromatic heterocycles. The molecule has 2 aromatic rings. The first kappa shape index (κ1) is 22.1. The van der Waals surface area contributed by atoms with Crippen LogP contribution in [-0.4, -0.2) is 28.9 Å². The minimum Gasteiger partial charge on any atom is -0.456 e. The van der Waals surface area contributed by atoms with Crippen molar-refractivity contribution in [1.82, 2.24) is 5.32 Å². The van der Waals surface area contributed by atoms with E-state index in [0.717, 1.165) is 0 Å². The van der Waals surface area contributed by atoms with Crippen molar-refractivity contribution in [3.8, 4) is 0 Å². The first-order valence-electron chi connectivity index (χ1n) is 9.41. The molecule has 6 heteroatoms. The molecule has 0 aliphatic rings. The van der Waals surface area contributed by atoms with Crippen LogP contribution in [0.2, 0.25) is 0 Å². The molecule has 0 heterocycles. The minimum absolute atomic E-state index is 0.173. The molecule has 0 saturated carbocycles. The van der Waals surface area contributed by atoms with Crippen LogP contribution in [0, 0.1) is 0 Å². The highest BCUT2D eigenvalue weighted by molar-refractivity contribution is 6.05. The summed E-state index contributed by atoms with van der Waals surface area (Å²) in [5.74, 6) is -0.922. The lowest BCUT2D eigenvalue weighted by molar-refractivity contribution is 0.00692. The summed E-state index contributed by atoms with van der Waals surface area (Å²) in [5.41, 5.74) is 0.967. The van der Waals surface area contributed by atoms with Crippen molar-refractivity contribution in [3.05, 3.63) is 65.2 Å². The Morgan fingerprint density at radius 1 is 0.690 bits per heavy atom. The second-order valence-electron chi connectivity index (χ2n) is 8.81. The number of benzene rings is 2. The molecule has 0 saturated heterocycles. The van der Waals surface area contributed by atoms with Crippen LogP contribution < -0.4 is 10.6 Å². The molecule has 2 rings (SSSR count). The highest BCUT2D eigenvalue weighted by Gasteiger charge is 2.18. The molecule has 0 bridgehead atoms. The van der Waals surface area contributed by atoms with Gasteiger partial charge in [-0.3, -0.25) is 9.59 Å². The third kappa shape index (κ3) is 7.07. The Labute approximate surface area is 171 Å². The van der Waals surface area contributed by atoms with Gasteiger partial charge in [0.15, 0.2) is 0 Å². The van der Waals surface area contributed by atoms with Crippen LogP contribution in [0.5, 0.6) is 0 Å². The fourth-order valence-corrected chi connectivity index (χ4v) is 2.42. The van der Waals surface area contributed by atoms with Gasteiger partial charge in [-0.05, 0) is 90.1 Å². The highest BCUT2D eigenvalue weighted by Crippen LogP contribution is 2.15. The molecule has 0 spiro atoms. The van der Waals surface area contributed by atoms with E-state index < -0.39 is 11.6 Å². The second-order valence-corrected chi connectivity index (χ2v) is 8.81. The van der Waals surface area contributed by atoms with E-state index in [1.165, 1.54) is 0 Å². The van der Waals surface area contributed by atoms with E-state index in [1.54, 1.807) is 69.3 Å². The standard InChI is InChI=1S/C23H28N2O4/c1-22(2,3)25-20(27)16-11-13-18(14-12-16)24-19(26)15-7-9-17(10-8-15)21(28)29-23(4,5)6/h7-14H,1-6H3,(H,24,26)(H,25,27). The Kier molecular flexibility index (Phi) is 6.47. The molecule has 2 aromatic carbocycles. The molecule has 0 aliphatic heterocycles. The molecule has 2 N–H and O–H groups in total. The molecular formula is C23H28N2O4. The van der Waals surface area contributed by atoms with Gasteiger partial charge in [0.05, 0.1) is 5.56 Å². The lowest BCUT2D eigenvalue weighted by Gasteiger charge is -2.20. The topological polar surface area (TPSA) is 84.5 Å². The van der Waals surface area contributed by atoms with Crippen molar-refractivity contribution in [1.29, 1.82) is 0 Å². The molecule has 2 amide bonds. The zero-order valence-corrected chi connectivity index (χ0v) is 17.8. The lowest BCUT2D eigenvalue weighted by Crippen LogP contribution is -2.40. The third-order valence-electron chi connectivity index (χ3n) is 3.68. The Balaban J connectivity index is 2.01. The first-order valence-corrected chi connectivity index (χ1v) is 9.41. The maximum atomic E-state index is 12.4. The van der Waals surface area contributed by atoms with Crippen LogP contribution in [0.25, 0.3) is 0 Å². The number of amides is 2. The smallest absolute Gasteiger partial charge is 0.338 e. The van der Waals surface area contributed by atoms with Crippen LogP contribution in [0.1, 0.15) is 72.6 Å². The van der Waals surface area contributed by atoms with Gasteiger partial charge in [-0.1, -0.05) is 0 Å². The molecule has 6 nitrogen and oxygen atoms in total. The van der Waals surface area contributed by atoms with Crippen LogP contribution in [-0.2, 0) is 4.74 Å². The van der Waals surface area contributed by atoms with Crippen LogP contribution in [0.4, 0.5) is 5.69 Å². The number of hydrogen-bond acceptors (Lipinski definition) is 4. The molecule has 29 heavy (non-hydrogen) atoms. The fourth-order valence-electron chi connectivity index (χ4n) is 2.42. The molecule has 0 fully saturated rings. The van der Waals surface area contributed by atoms with Gasteiger partial charge in [0.25, 0.3) is 11.8 Å². The Morgan fingerprint density at radius 2 is 1.14 bits per heavy atom. The zero-order valence-electron chi connectivity index (χ0n) is 17.8. The van der Waals surface area contributed by atoms with Gasteiger partial charge in [-0.25, -0.2) is 4.79 Å². The fraction of sp³-hybridized carbons (Fsp3) is 0.348. The first-order chi connectivity index (χ1) is 13.3. The number of carbonyl (C=O) groups is 3. The number of anilines is 1. The number of hydrogen-bond donors (Lipinski definition) is 2. The van der Waals surface area contributed by atoms with Crippen LogP contribution in [0.15, 0.2) is 48.5 Å². The summed E-state index contributed by atoms with van der Waals surface area (Å²) in [7, 11) is 0. The van der Waals surface area contributed by atoms with Crippen LogP contribution >= 0.6 is 0 Å². The largest absolute Gasteiger partial charge is 0.456 e. The Hall–Kier alpha value is -3.15. The monoisotopic (exact) mass is 396 g/mol. The summed E-state index contributed by atoms with van der Waals surface area (Å²) in [6.07, 6.45) is 0. The van der Waals surface area contributed by atoms with E-state index in [9.17, 15) is 14.4 Å². The third-order valence-corrected chi connectivity index (χ3v) is 3.68. The molecule has 0 atom stereocenters. The average molecular weight is 396 g/mol. The molecule has 154 valence electrons. The summed E-state index contributed by atoms with van der Waals surface area (Å²) < 4.78 is 5.31. The highest BCUT2D eigenvalue weighted by atomic mass is 16.6. The lowest BCUT2D eigenvalue weighted by atomic mass is 10.1. The quantitative estimate of drug-likeness (QED) is 0.749. The Bertz CT molecular complexity index is 886. The van der Waals surface area contributed by atoms with Crippen molar-refractivity contribution < 1.29 is 19.1 Å². The number of ether oxygens (including phenoxy) is 1. The number of esters is 1. The minimum atomic E-state index is -0.580. The van der Waals surface area contributed by atoms with E-state index >= 15 is 0 Å². The maximum Gasteiger partial charge on any atom is 0.338 e. The Morgan fingerprint density at radius 3 is 1.62 bits per heavy atom. The van der Waals surface area contributed by atoms with E-state index in [-0.39, 0.29) is 17.4 Å². The zero-order chi connectivity index (χ0) is 21.8. The normalized spacial score (nSPS) is 11.5. The van der Waals surface area contributed by atoms with Crippen LogP contribution in [0.3, 0.4) is 0 Å². The van der Waals surface area contributed by atoms with Crippen molar-refractivity contribution in [3.63, 3.8) is 0 Å². The van der Waals surface area contributed by atoms with Gasteiger partial charge in [0.1, 0.15) is 5.60 Å². The number of carbonyl (C=O) groups excluding carboxylic acids is 3. The molecule has 0 radical (unpaired) electrons. The molecule has 0 unspecified atom stereocenters. The van der Waals surface area contributed by atoms with Gasteiger partial charge in [-0.2, -0.15) is 0 Å². The SMILES string of the molecule is CC(C)(C)NC(=O)c1ccc(NC(=O)c2ccc(C(=O)OC(C)(C)C)cc2)cc1.